The molecule has 1 N–H and O–H groups in total. The molecule has 2 aromatic carbocycles. The molecule has 1 saturated heterocycles. The number of ether oxygens (including phenoxy) is 1. The van der Waals surface area contributed by atoms with Gasteiger partial charge in [0.05, 0.1) is 11.8 Å². The topological polar surface area (TPSA) is 75.7 Å². The third-order valence-corrected chi connectivity index (χ3v) is 8.01. The van der Waals surface area contributed by atoms with Gasteiger partial charge in [0, 0.05) is 30.2 Å². The molecule has 6 nitrogen and oxygen atoms in total. The van der Waals surface area contributed by atoms with Crippen molar-refractivity contribution in [3.05, 3.63) is 63.4 Å². The number of benzene rings is 2. The van der Waals surface area contributed by atoms with Crippen LogP contribution in [0.2, 0.25) is 5.02 Å². The Hall–Kier alpha value is -2.23. The third-order valence-electron chi connectivity index (χ3n) is 7.05. The minimum Gasteiger partial charge on any atom is -0.490 e. The zero-order chi connectivity index (χ0) is 26.3. The van der Waals surface area contributed by atoms with E-state index in [1.165, 1.54) is 6.07 Å². The summed E-state index contributed by atoms with van der Waals surface area (Å²) in [6, 6.07) is 8.46. The fraction of sp³-hybridized carbons (Fsp3) is 0.500. The molecule has 36 heavy (non-hydrogen) atoms. The summed E-state index contributed by atoms with van der Waals surface area (Å²) in [6.45, 7) is 4.89. The molecule has 0 radical (unpaired) electrons. The van der Waals surface area contributed by atoms with Crippen LogP contribution in [0.15, 0.2) is 30.3 Å². The Morgan fingerprint density at radius 2 is 1.92 bits per heavy atom. The molecule has 1 atom stereocenters. The summed E-state index contributed by atoms with van der Waals surface area (Å²) >= 11 is 6.28. The largest absolute Gasteiger partial charge is 0.490 e. The molecule has 1 saturated carbocycles. The van der Waals surface area contributed by atoms with E-state index in [-0.39, 0.29) is 42.7 Å². The van der Waals surface area contributed by atoms with Gasteiger partial charge >= 0.3 is 0 Å². The lowest BCUT2D eigenvalue weighted by Gasteiger charge is -2.39. The van der Waals surface area contributed by atoms with Gasteiger partial charge in [0.25, 0.3) is 5.91 Å². The fourth-order valence-electron chi connectivity index (χ4n) is 4.55. The lowest BCUT2D eigenvalue weighted by Crippen LogP contribution is -2.45. The first kappa shape index (κ1) is 26.8. The lowest BCUT2D eigenvalue weighted by molar-refractivity contribution is 0.00614. The number of piperidine rings is 1. The summed E-state index contributed by atoms with van der Waals surface area (Å²) in [5, 5.41) is 0.711. The summed E-state index contributed by atoms with van der Waals surface area (Å²) in [5.74, 6) is -1.68. The SMILES string of the molecule is Cc1ccc([C@H](C)N2CCC(F)(COc3cc(F)c(C(=O)NS(C)(=O)=O)cc3C3CC3)CC2)cc1Cl. The van der Waals surface area contributed by atoms with E-state index in [0.29, 0.717) is 23.7 Å². The van der Waals surface area contributed by atoms with Gasteiger partial charge < -0.3 is 4.74 Å². The van der Waals surface area contributed by atoms with Crippen molar-refractivity contribution >= 4 is 27.5 Å². The number of rotatable bonds is 8. The average molecular weight is 541 g/mol. The smallest absolute Gasteiger partial charge is 0.267 e. The standard InChI is InChI=1S/C26H31ClF2N2O4S/c1-16-4-5-19(12-22(16)27)17(2)31-10-8-26(29,9-11-31)15-35-24-14-23(28)21(13-20(24)18-6-7-18)25(32)30-36(3,33)34/h4-5,12-14,17-18H,6-11,15H2,1-3H3,(H,30,32)/t17-/m0/s1. The molecule has 4 rings (SSSR count). The molecule has 1 aliphatic carbocycles. The lowest BCUT2D eigenvalue weighted by atomic mass is 9.92. The number of hydrogen-bond acceptors (Lipinski definition) is 5. The van der Waals surface area contributed by atoms with Crippen LogP contribution < -0.4 is 9.46 Å². The molecule has 0 bridgehead atoms. The highest BCUT2D eigenvalue weighted by molar-refractivity contribution is 7.89. The second kappa shape index (κ2) is 10.3. The van der Waals surface area contributed by atoms with Crippen LogP contribution in [0, 0.1) is 12.7 Å². The molecule has 2 aliphatic rings. The monoisotopic (exact) mass is 540 g/mol. The van der Waals surface area contributed by atoms with E-state index in [0.717, 1.165) is 36.3 Å². The van der Waals surface area contributed by atoms with Crippen molar-refractivity contribution in [1.82, 2.24) is 9.62 Å². The number of likely N-dealkylation sites (tertiary alicyclic amines) is 1. The minimum atomic E-state index is -3.84. The van der Waals surface area contributed by atoms with Crippen molar-refractivity contribution in [2.45, 2.75) is 57.2 Å². The Bertz CT molecular complexity index is 1260. The van der Waals surface area contributed by atoms with Crippen molar-refractivity contribution in [2.24, 2.45) is 0 Å². The van der Waals surface area contributed by atoms with Crippen molar-refractivity contribution < 1.29 is 26.7 Å². The number of nitrogens with zero attached hydrogens (tertiary/aromatic N) is 1. The van der Waals surface area contributed by atoms with Gasteiger partial charge in [-0.25, -0.2) is 21.9 Å². The molecule has 2 aromatic rings. The van der Waals surface area contributed by atoms with Crippen LogP contribution >= 0.6 is 11.6 Å². The normalized spacial score (nSPS) is 19.1. The number of nitrogens with one attached hydrogen (secondary N) is 1. The first-order valence-corrected chi connectivity index (χ1v) is 14.3. The van der Waals surface area contributed by atoms with E-state index < -0.39 is 27.4 Å². The zero-order valence-electron chi connectivity index (χ0n) is 20.6. The highest BCUT2D eigenvalue weighted by atomic mass is 35.5. The maximum absolute atomic E-state index is 15.7. The van der Waals surface area contributed by atoms with Gasteiger partial charge in [-0.3, -0.25) is 9.69 Å². The number of halogens is 3. The Labute approximate surface area is 216 Å². The van der Waals surface area contributed by atoms with E-state index in [9.17, 15) is 17.6 Å². The summed E-state index contributed by atoms with van der Waals surface area (Å²) in [5.41, 5.74) is 0.754. The average Bonchev–Trinajstić information content (AvgIpc) is 3.64. The molecular weight excluding hydrogens is 510 g/mol. The van der Waals surface area contributed by atoms with Gasteiger partial charge in [0.1, 0.15) is 23.8 Å². The van der Waals surface area contributed by atoms with Crippen LogP contribution in [-0.2, 0) is 10.0 Å². The number of aryl methyl sites for hydroxylation is 1. The van der Waals surface area contributed by atoms with Gasteiger partial charge in [-0.1, -0.05) is 23.7 Å². The maximum Gasteiger partial charge on any atom is 0.267 e. The van der Waals surface area contributed by atoms with E-state index in [1.54, 1.807) is 4.72 Å². The Balaban J connectivity index is 1.41. The van der Waals surface area contributed by atoms with Crippen LogP contribution in [0.4, 0.5) is 8.78 Å². The molecule has 196 valence electrons. The second-order valence-electron chi connectivity index (χ2n) is 10.0. The number of alkyl halides is 1. The molecule has 10 heteroatoms. The minimum absolute atomic E-state index is 0.0741. The number of carbonyl (C=O) groups is 1. The van der Waals surface area contributed by atoms with E-state index in [2.05, 4.69) is 11.8 Å². The van der Waals surface area contributed by atoms with Crippen LogP contribution in [0.3, 0.4) is 0 Å². The predicted molar refractivity (Wildman–Crippen MR) is 135 cm³/mol. The Morgan fingerprint density at radius 1 is 1.25 bits per heavy atom. The highest BCUT2D eigenvalue weighted by Gasteiger charge is 2.38. The van der Waals surface area contributed by atoms with Crippen molar-refractivity contribution in [2.75, 3.05) is 26.0 Å². The van der Waals surface area contributed by atoms with E-state index >= 15 is 4.39 Å². The molecule has 2 fully saturated rings. The van der Waals surface area contributed by atoms with Crippen molar-refractivity contribution in [3.63, 3.8) is 0 Å². The Morgan fingerprint density at radius 3 is 2.50 bits per heavy atom. The van der Waals surface area contributed by atoms with Gasteiger partial charge in [0.15, 0.2) is 0 Å². The Kier molecular flexibility index (Phi) is 7.65. The molecule has 0 spiro atoms. The number of carbonyl (C=O) groups excluding carboxylic acids is 1. The molecule has 1 heterocycles. The van der Waals surface area contributed by atoms with Crippen LogP contribution in [-0.4, -0.2) is 50.8 Å². The van der Waals surface area contributed by atoms with E-state index in [4.69, 9.17) is 16.3 Å². The molecule has 0 aromatic heterocycles. The van der Waals surface area contributed by atoms with Gasteiger partial charge in [-0.2, -0.15) is 0 Å². The van der Waals surface area contributed by atoms with Crippen LogP contribution in [0.1, 0.15) is 71.6 Å². The zero-order valence-corrected chi connectivity index (χ0v) is 22.2. The van der Waals surface area contributed by atoms with E-state index in [1.807, 2.05) is 25.1 Å². The van der Waals surface area contributed by atoms with Crippen LogP contribution in [0.5, 0.6) is 5.75 Å². The van der Waals surface area contributed by atoms with Gasteiger partial charge in [-0.15, -0.1) is 0 Å². The fourth-order valence-corrected chi connectivity index (χ4v) is 5.19. The quantitative estimate of drug-likeness (QED) is 0.492. The second-order valence-corrected chi connectivity index (χ2v) is 12.2. The summed E-state index contributed by atoms with van der Waals surface area (Å²) in [7, 11) is -3.84. The maximum atomic E-state index is 15.7. The van der Waals surface area contributed by atoms with Gasteiger partial charge in [0.2, 0.25) is 10.0 Å². The summed E-state index contributed by atoms with van der Waals surface area (Å²) < 4.78 is 60.7. The summed E-state index contributed by atoms with van der Waals surface area (Å²) in [6.07, 6.45) is 3.04. The molecule has 1 aliphatic heterocycles. The first-order chi connectivity index (χ1) is 16.8. The molecular formula is C26H31ClF2N2O4S. The van der Waals surface area contributed by atoms with Crippen LogP contribution in [0.25, 0.3) is 0 Å². The van der Waals surface area contributed by atoms with Crippen molar-refractivity contribution in [3.8, 4) is 5.75 Å². The number of hydrogen-bond donors (Lipinski definition) is 1. The first-order valence-electron chi connectivity index (χ1n) is 12.0. The van der Waals surface area contributed by atoms with Crippen molar-refractivity contribution in [1.29, 1.82) is 0 Å². The number of amides is 1. The molecule has 1 amide bonds. The predicted octanol–water partition coefficient (Wildman–Crippen LogP) is 5.30. The third kappa shape index (κ3) is 6.36. The number of sulfonamides is 1. The van der Waals surface area contributed by atoms with Gasteiger partial charge in [-0.05, 0) is 74.3 Å². The molecule has 0 unspecified atom stereocenters. The summed E-state index contributed by atoms with van der Waals surface area (Å²) in [4.78, 5) is 14.4. The highest BCUT2D eigenvalue weighted by Crippen LogP contribution is 2.45.